The van der Waals surface area contributed by atoms with Gasteiger partial charge in [0.25, 0.3) is 11.8 Å². The van der Waals surface area contributed by atoms with Gasteiger partial charge in [-0.15, -0.1) is 0 Å². The summed E-state index contributed by atoms with van der Waals surface area (Å²) in [5, 5.41) is 3.50. The number of anilines is 1. The number of nitrogens with zero attached hydrogens (tertiary/aromatic N) is 2. The van der Waals surface area contributed by atoms with Crippen molar-refractivity contribution in [1.82, 2.24) is 10.2 Å². The van der Waals surface area contributed by atoms with Gasteiger partial charge in [-0.1, -0.05) is 18.5 Å². The molecule has 0 spiro atoms. The van der Waals surface area contributed by atoms with Gasteiger partial charge in [0.1, 0.15) is 0 Å². The summed E-state index contributed by atoms with van der Waals surface area (Å²) in [5.74, 6) is 0.434. The molecule has 2 heterocycles. The van der Waals surface area contributed by atoms with Gasteiger partial charge in [0.05, 0.1) is 11.3 Å². The lowest BCUT2D eigenvalue weighted by molar-refractivity contribution is -0.121. The zero-order valence-electron chi connectivity index (χ0n) is 14.1. The topological polar surface area (TPSA) is 61.9 Å². The van der Waals surface area contributed by atoms with E-state index in [1.165, 1.54) is 4.90 Å². The van der Waals surface area contributed by atoms with Gasteiger partial charge in [-0.2, -0.15) is 0 Å². The standard InChI is InChI=1S/C17H22ClN3O3/c1-10-4-5-20(2)8-13(10)19-17(23)12-6-11(18)7-14-16(12)24-9-15(22)21(14)3/h6-7,10,13H,4-5,8-9H2,1-3H3,(H,19,23). The van der Waals surface area contributed by atoms with Crippen molar-refractivity contribution in [2.75, 3.05) is 38.7 Å². The van der Waals surface area contributed by atoms with Crippen LogP contribution in [0.15, 0.2) is 12.1 Å². The number of halogens is 1. The molecular formula is C17H22ClN3O3. The molecule has 1 fully saturated rings. The summed E-state index contributed by atoms with van der Waals surface area (Å²) in [6.45, 7) is 3.92. The Kier molecular flexibility index (Phi) is 4.69. The maximum Gasteiger partial charge on any atom is 0.264 e. The molecule has 1 saturated heterocycles. The number of likely N-dealkylation sites (tertiary alicyclic amines) is 1. The van der Waals surface area contributed by atoms with Crippen molar-refractivity contribution in [3.63, 3.8) is 0 Å². The zero-order valence-corrected chi connectivity index (χ0v) is 14.9. The lowest BCUT2D eigenvalue weighted by atomic mass is 9.93. The molecule has 0 bridgehead atoms. The van der Waals surface area contributed by atoms with E-state index in [9.17, 15) is 9.59 Å². The number of ether oxygens (including phenoxy) is 1. The fraction of sp³-hybridized carbons (Fsp3) is 0.529. The molecule has 2 unspecified atom stereocenters. The highest BCUT2D eigenvalue weighted by Gasteiger charge is 2.30. The molecule has 2 aliphatic heterocycles. The van der Waals surface area contributed by atoms with Crippen LogP contribution in [-0.4, -0.2) is 56.5 Å². The van der Waals surface area contributed by atoms with Gasteiger partial charge >= 0.3 is 0 Å². The SMILES string of the molecule is CC1CCN(C)CC1NC(=O)c1cc(Cl)cc2c1OCC(=O)N2C. The predicted octanol–water partition coefficient (Wildman–Crippen LogP) is 1.77. The number of nitrogens with one attached hydrogen (secondary N) is 1. The number of carbonyl (C=O) groups is 2. The first-order valence-electron chi connectivity index (χ1n) is 8.09. The summed E-state index contributed by atoms with van der Waals surface area (Å²) in [5.41, 5.74) is 0.898. The highest BCUT2D eigenvalue weighted by atomic mass is 35.5. The van der Waals surface area contributed by atoms with Crippen LogP contribution in [0.4, 0.5) is 5.69 Å². The van der Waals surface area contributed by atoms with Gasteiger partial charge in [-0.25, -0.2) is 0 Å². The molecule has 2 aliphatic rings. The van der Waals surface area contributed by atoms with E-state index in [-0.39, 0.29) is 24.5 Å². The number of hydrogen-bond acceptors (Lipinski definition) is 4. The number of amides is 2. The van der Waals surface area contributed by atoms with Crippen molar-refractivity contribution in [1.29, 1.82) is 0 Å². The fourth-order valence-electron chi connectivity index (χ4n) is 3.18. The van der Waals surface area contributed by atoms with Crippen LogP contribution < -0.4 is 15.0 Å². The Bertz CT molecular complexity index is 679. The van der Waals surface area contributed by atoms with E-state index in [0.717, 1.165) is 19.5 Å². The number of hydrogen-bond donors (Lipinski definition) is 1. The third-order valence-corrected chi connectivity index (χ3v) is 5.05. The fourth-order valence-corrected chi connectivity index (χ4v) is 3.39. The normalized spacial score (nSPS) is 24.3. The first-order chi connectivity index (χ1) is 11.4. The Hall–Kier alpha value is -1.79. The molecule has 1 N–H and O–H groups in total. The highest BCUT2D eigenvalue weighted by molar-refractivity contribution is 6.31. The minimum Gasteiger partial charge on any atom is -0.481 e. The maximum atomic E-state index is 12.8. The largest absolute Gasteiger partial charge is 0.481 e. The second-order valence-electron chi connectivity index (χ2n) is 6.65. The van der Waals surface area contributed by atoms with Crippen LogP contribution in [0, 0.1) is 5.92 Å². The van der Waals surface area contributed by atoms with Crippen LogP contribution >= 0.6 is 11.6 Å². The molecule has 7 heteroatoms. The Morgan fingerprint density at radius 2 is 2.12 bits per heavy atom. The average molecular weight is 352 g/mol. The first kappa shape index (κ1) is 17.0. The molecule has 6 nitrogen and oxygen atoms in total. The van der Waals surface area contributed by atoms with Crippen LogP contribution in [0.2, 0.25) is 5.02 Å². The number of benzene rings is 1. The monoisotopic (exact) mass is 351 g/mol. The van der Waals surface area contributed by atoms with Gasteiger partial charge in [-0.3, -0.25) is 9.59 Å². The maximum absolute atomic E-state index is 12.8. The van der Waals surface area contributed by atoms with E-state index in [1.54, 1.807) is 19.2 Å². The lowest BCUT2D eigenvalue weighted by Crippen LogP contribution is -2.50. The zero-order chi connectivity index (χ0) is 17.4. The van der Waals surface area contributed by atoms with Gasteiger partial charge in [-0.05, 0) is 38.1 Å². The number of piperidine rings is 1. The Morgan fingerprint density at radius 1 is 1.38 bits per heavy atom. The lowest BCUT2D eigenvalue weighted by Gasteiger charge is -2.35. The quantitative estimate of drug-likeness (QED) is 0.882. The van der Waals surface area contributed by atoms with Gasteiger partial charge in [0.15, 0.2) is 12.4 Å². The Morgan fingerprint density at radius 3 is 2.88 bits per heavy atom. The molecular weight excluding hydrogens is 330 g/mol. The van der Waals surface area contributed by atoms with Gasteiger partial charge < -0.3 is 19.9 Å². The number of likely N-dealkylation sites (N-methyl/N-ethyl adjacent to an activating group) is 2. The van der Waals surface area contributed by atoms with E-state index in [0.29, 0.717) is 27.9 Å². The molecule has 2 atom stereocenters. The summed E-state index contributed by atoms with van der Waals surface area (Å²) >= 11 is 6.15. The van der Waals surface area contributed by atoms with Crippen LogP contribution in [0.3, 0.4) is 0 Å². The second kappa shape index (κ2) is 6.61. The summed E-state index contributed by atoms with van der Waals surface area (Å²) in [7, 11) is 3.70. The first-order valence-corrected chi connectivity index (χ1v) is 8.47. The van der Waals surface area contributed by atoms with Gasteiger partial charge in [0.2, 0.25) is 0 Å². The molecule has 0 radical (unpaired) electrons. The Balaban J connectivity index is 1.88. The molecule has 0 saturated carbocycles. The van der Waals surface area contributed by atoms with Crippen molar-refractivity contribution in [3.05, 3.63) is 22.7 Å². The highest BCUT2D eigenvalue weighted by Crippen LogP contribution is 2.37. The van der Waals surface area contributed by atoms with Gasteiger partial charge in [0, 0.05) is 24.7 Å². The third kappa shape index (κ3) is 3.21. The van der Waals surface area contributed by atoms with Crippen molar-refractivity contribution in [2.45, 2.75) is 19.4 Å². The van der Waals surface area contributed by atoms with Crippen LogP contribution in [0.1, 0.15) is 23.7 Å². The molecule has 3 rings (SSSR count). The third-order valence-electron chi connectivity index (χ3n) is 4.83. The average Bonchev–Trinajstić information content (AvgIpc) is 2.54. The minimum absolute atomic E-state index is 0.0754. The molecule has 0 aromatic heterocycles. The van der Waals surface area contributed by atoms with Crippen molar-refractivity contribution < 1.29 is 14.3 Å². The predicted molar refractivity (Wildman–Crippen MR) is 92.9 cm³/mol. The molecule has 1 aromatic rings. The molecule has 24 heavy (non-hydrogen) atoms. The van der Waals surface area contributed by atoms with Crippen LogP contribution in [0.25, 0.3) is 0 Å². The summed E-state index contributed by atoms with van der Waals surface area (Å²) in [6, 6.07) is 3.31. The van der Waals surface area contributed by atoms with E-state index < -0.39 is 0 Å². The van der Waals surface area contributed by atoms with Crippen LogP contribution in [-0.2, 0) is 4.79 Å². The van der Waals surface area contributed by atoms with E-state index in [2.05, 4.69) is 24.2 Å². The molecule has 1 aromatic carbocycles. The smallest absolute Gasteiger partial charge is 0.264 e. The minimum atomic E-state index is -0.219. The van der Waals surface area contributed by atoms with Crippen molar-refractivity contribution in [3.8, 4) is 5.75 Å². The number of carbonyl (C=O) groups excluding carboxylic acids is 2. The number of fused-ring (bicyclic) bond motifs is 1. The summed E-state index contributed by atoms with van der Waals surface area (Å²) < 4.78 is 5.53. The second-order valence-corrected chi connectivity index (χ2v) is 7.09. The Labute approximate surface area is 146 Å². The van der Waals surface area contributed by atoms with Crippen molar-refractivity contribution >= 4 is 29.1 Å². The van der Waals surface area contributed by atoms with E-state index in [4.69, 9.17) is 16.3 Å². The van der Waals surface area contributed by atoms with Crippen LogP contribution in [0.5, 0.6) is 5.75 Å². The number of rotatable bonds is 2. The summed E-state index contributed by atoms with van der Waals surface area (Å²) in [4.78, 5) is 28.3. The molecule has 2 amide bonds. The summed E-state index contributed by atoms with van der Waals surface area (Å²) in [6.07, 6.45) is 1.04. The van der Waals surface area contributed by atoms with E-state index in [1.807, 2.05) is 0 Å². The van der Waals surface area contributed by atoms with E-state index >= 15 is 0 Å². The van der Waals surface area contributed by atoms with Crippen molar-refractivity contribution in [2.24, 2.45) is 5.92 Å². The molecule has 130 valence electrons. The molecule has 0 aliphatic carbocycles.